The van der Waals surface area contributed by atoms with E-state index in [1.54, 1.807) is 12.1 Å². The third-order valence-corrected chi connectivity index (χ3v) is 4.70. The maximum Gasteiger partial charge on any atom is 0.344 e. The quantitative estimate of drug-likeness (QED) is 0.536. The van der Waals surface area contributed by atoms with E-state index < -0.39 is 23.8 Å². The number of amides is 1. The fourth-order valence-electron chi connectivity index (χ4n) is 1.99. The number of Topliss-reactive ketones (excluding diaryl/α,β-unsaturated/α-hetero) is 1. The molecule has 0 radical (unpaired) electrons. The first-order valence-corrected chi connectivity index (χ1v) is 9.41. The van der Waals surface area contributed by atoms with Gasteiger partial charge in [0.25, 0.3) is 0 Å². The highest BCUT2D eigenvalue weighted by Crippen LogP contribution is 2.19. The van der Waals surface area contributed by atoms with E-state index in [2.05, 4.69) is 5.32 Å². The molecular weight excluding hydrogens is 385 g/mol. The van der Waals surface area contributed by atoms with Crippen molar-refractivity contribution in [2.75, 3.05) is 13.2 Å². The average Bonchev–Trinajstić information content (AvgIpc) is 3.12. The van der Waals surface area contributed by atoms with Crippen molar-refractivity contribution in [3.8, 4) is 5.75 Å². The summed E-state index contributed by atoms with van der Waals surface area (Å²) in [6, 6.07) is 8.58. The summed E-state index contributed by atoms with van der Waals surface area (Å²) >= 11 is 1.23. The average molecular weight is 407 g/mol. The van der Waals surface area contributed by atoms with Gasteiger partial charge in [0, 0.05) is 10.3 Å². The smallest absolute Gasteiger partial charge is 0.344 e. The maximum atomic E-state index is 12.8. The molecule has 1 N–H and O–H groups in total. The highest BCUT2D eigenvalue weighted by Gasteiger charge is 2.21. The van der Waals surface area contributed by atoms with Gasteiger partial charge in [-0.3, -0.25) is 9.59 Å². The number of halogens is 1. The van der Waals surface area contributed by atoms with Crippen LogP contribution in [0.4, 0.5) is 4.39 Å². The van der Waals surface area contributed by atoms with Crippen LogP contribution in [-0.4, -0.2) is 30.9 Å². The molecule has 1 aromatic heterocycles. The van der Waals surface area contributed by atoms with Gasteiger partial charge in [0.15, 0.2) is 13.2 Å². The van der Waals surface area contributed by atoms with Crippen LogP contribution in [0, 0.1) is 11.2 Å². The third kappa shape index (κ3) is 6.77. The zero-order chi connectivity index (χ0) is 20.7. The first-order chi connectivity index (χ1) is 13.1. The molecule has 0 bridgehead atoms. The van der Waals surface area contributed by atoms with Gasteiger partial charge < -0.3 is 14.8 Å². The van der Waals surface area contributed by atoms with Crippen molar-refractivity contribution in [1.29, 1.82) is 0 Å². The molecule has 2 rings (SSSR count). The van der Waals surface area contributed by atoms with Gasteiger partial charge in [0.05, 0.1) is 11.4 Å². The monoisotopic (exact) mass is 407 g/mol. The molecule has 1 aromatic carbocycles. The molecule has 0 saturated carbocycles. The van der Waals surface area contributed by atoms with Gasteiger partial charge in [-0.1, -0.05) is 20.8 Å². The van der Waals surface area contributed by atoms with Crippen LogP contribution in [-0.2, 0) is 20.9 Å². The largest absolute Gasteiger partial charge is 0.482 e. The summed E-state index contributed by atoms with van der Waals surface area (Å²) in [4.78, 5) is 37.0. The third-order valence-electron chi connectivity index (χ3n) is 3.58. The van der Waals surface area contributed by atoms with Crippen LogP contribution in [0.5, 0.6) is 5.75 Å². The normalized spacial score (nSPS) is 11.0. The fraction of sp³-hybridized carbons (Fsp3) is 0.350. The molecule has 1 amide bonds. The standard InChI is InChI=1S/C20H22FNO5S/c1-20(2,3)19(25)22-10-15-8-9-17(28-15)16(23)11-27-18(24)12-26-14-6-4-13(21)5-7-14/h4-9H,10-12H2,1-3H3,(H,22,25). The Balaban J connectivity index is 1.75. The van der Waals surface area contributed by atoms with Crippen LogP contribution in [0.25, 0.3) is 0 Å². The molecule has 0 aliphatic rings. The molecule has 0 unspecified atom stereocenters. The Morgan fingerprint density at radius 1 is 1.04 bits per heavy atom. The van der Waals surface area contributed by atoms with Gasteiger partial charge in [-0.05, 0) is 36.4 Å². The van der Waals surface area contributed by atoms with Gasteiger partial charge in [-0.25, -0.2) is 9.18 Å². The highest BCUT2D eigenvalue weighted by molar-refractivity contribution is 7.14. The number of hydrogen-bond acceptors (Lipinski definition) is 6. The van der Waals surface area contributed by atoms with E-state index in [4.69, 9.17) is 9.47 Å². The second-order valence-corrected chi connectivity index (χ2v) is 8.19. The second kappa shape index (κ2) is 9.45. The molecule has 6 nitrogen and oxygen atoms in total. The maximum absolute atomic E-state index is 12.8. The SMILES string of the molecule is CC(C)(C)C(=O)NCc1ccc(C(=O)COC(=O)COc2ccc(F)cc2)s1. The molecule has 0 atom stereocenters. The van der Waals surface area contributed by atoms with Gasteiger partial charge >= 0.3 is 5.97 Å². The van der Waals surface area contributed by atoms with Crippen molar-refractivity contribution in [2.45, 2.75) is 27.3 Å². The van der Waals surface area contributed by atoms with E-state index in [1.807, 2.05) is 20.8 Å². The van der Waals surface area contributed by atoms with Gasteiger partial charge in [-0.15, -0.1) is 11.3 Å². The number of hydrogen-bond donors (Lipinski definition) is 1. The first kappa shape index (κ1) is 21.6. The van der Waals surface area contributed by atoms with E-state index in [1.165, 1.54) is 35.6 Å². The van der Waals surface area contributed by atoms with E-state index in [-0.39, 0.29) is 18.3 Å². The Bertz CT molecular complexity index is 839. The molecule has 2 aromatic rings. The minimum atomic E-state index is -0.702. The molecule has 0 spiro atoms. The predicted octanol–water partition coefficient (Wildman–Crippen LogP) is 3.35. The van der Waals surface area contributed by atoms with Crippen molar-refractivity contribution in [3.05, 3.63) is 52.0 Å². The Morgan fingerprint density at radius 2 is 1.71 bits per heavy atom. The zero-order valence-electron chi connectivity index (χ0n) is 15.9. The molecular formula is C20H22FNO5S. The number of benzene rings is 1. The first-order valence-electron chi connectivity index (χ1n) is 8.59. The number of ether oxygens (including phenoxy) is 2. The number of rotatable bonds is 8. The fourth-order valence-corrected chi connectivity index (χ4v) is 2.86. The zero-order valence-corrected chi connectivity index (χ0v) is 16.7. The van der Waals surface area contributed by atoms with Crippen LogP contribution >= 0.6 is 11.3 Å². The lowest BCUT2D eigenvalue weighted by molar-refractivity contribution is -0.144. The molecule has 1 heterocycles. The van der Waals surface area contributed by atoms with Gasteiger partial charge in [0.1, 0.15) is 11.6 Å². The minimum Gasteiger partial charge on any atom is -0.482 e. The summed E-state index contributed by atoms with van der Waals surface area (Å²) in [7, 11) is 0. The lowest BCUT2D eigenvalue weighted by atomic mass is 9.96. The van der Waals surface area contributed by atoms with E-state index in [9.17, 15) is 18.8 Å². The van der Waals surface area contributed by atoms with Gasteiger partial charge in [-0.2, -0.15) is 0 Å². The van der Waals surface area contributed by atoms with Crippen LogP contribution < -0.4 is 10.1 Å². The second-order valence-electron chi connectivity index (χ2n) is 7.03. The van der Waals surface area contributed by atoms with E-state index in [0.717, 1.165) is 4.88 Å². The van der Waals surface area contributed by atoms with Crippen molar-refractivity contribution in [2.24, 2.45) is 5.41 Å². The Morgan fingerprint density at radius 3 is 2.36 bits per heavy atom. The predicted molar refractivity (Wildman–Crippen MR) is 103 cm³/mol. The van der Waals surface area contributed by atoms with Crippen molar-refractivity contribution < 1.29 is 28.2 Å². The van der Waals surface area contributed by atoms with E-state index >= 15 is 0 Å². The van der Waals surface area contributed by atoms with Crippen molar-refractivity contribution in [3.63, 3.8) is 0 Å². The molecule has 0 fully saturated rings. The summed E-state index contributed by atoms with van der Waals surface area (Å²) < 4.78 is 22.9. The lowest BCUT2D eigenvalue weighted by Gasteiger charge is -2.17. The number of ketones is 1. The molecule has 0 saturated heterocycles. The number of carbonyl (C=O) groups is 3. The summed E-state index contributed by atoms with van der Waals surface area (Å²) in [5.41, 5.74) is -0.486. The Kier molecular flexibility index (Phi) is 7.28. The number of carbonyl (C=O) groups excluding carboxylic acids is 3. The lowest BCUT2D eigenvalue weighted by Crippen LogP contribution is -2.34. The van der Waals surface area contributed by atoms with Crippen LogP contribution in [0.15, 0.2) is 36.4 Å². The van der Waals surface area contributed by atoms with Crippen LogP contribution in [0.2, 0.25) is 0 Å². The van der Waals surface area contributed by atoms with Gasteiger partial charge in [0.2, 0.25) is 11.7 Å². The Labute approximate surface area is 166 Å². The topological polar surface area (TPSA) is 81.7 Å². The molecule has 8 heteroatoms. The van der Waals surface area contributed by atoms with E-state index in [0.29, 0.717) is 17.2 Å². The van der Waals surface area contributed by atoms with Crippen LogP contribution in [0.1, 0.15) is 35.3 Å². The van der Waals surface area contributed by atoms with Crippen LogP contribution in [0.3, 0.4) is 0 Å². The van der Waals surface area contributed by atoms with Crippen molar-refractivity contribution >= 4 is 29.0 Å². The number of esters is 1. The highest BCUT2D eigenvalue weighted by atomic mass is 32.1. The molecule has 28 heavy (non-hydrogen) atoms. The molecule has 0 aliphatic carbocycles. The Hall–Kier alpha value is -2.74. The molecule has 150 valence electrons. The minimum absolute atomic E-state index is 0.0798. The summed E-state index contributed by atoms with van der Waals surface area (Å²) in [6.45, 7) is 5.01. The number of nitrogens with one attached hydrogen (secondary N) is 1. The summed E-state index contributed by atoms with van der Waals surface area (Å²) in [5, 5.41) is 2.81. The summed E-state index contributed by atoms with van der Waals surface area (Å²) in [6.07, 6.45) is 0. The number of thiophene rings is 1. The summed E-state index contributed by atoms with van der Waals surface area (Å²) in [5.74, 6) is -1.21. The van der Waals surface area contributed by atoms with Crippen molar-refractivity contribution in [1.82, 2.24) is 5.32 Å². The molecule has 0 aliphatic heterocycles.